The Kier molecular flexibility index (Phi) is 5.29. The third-order valence-electron chi connectivity index (χ3n) is 7.47. The van der Waals surface area contributed by atoms with Gasteiger partial charge < -0.3 is 14.8 Å². The van der Waals surface area contributed by atoms with E-state index in [1.807, 2.05) is 21.6 Å². The molecule has 6 rings (SSSR count). The Labute approximate surface area is 207 Å². The van der Waals surface area contributed by atoms with Crippen LogP contribution in [0.25, 0.3) is 10.9 Å². The summed E-state index contributed by atoms with van der Waals surface area (Å²) in [7, 11) is 0. The molecule has 4 nitrogen and oxygen atoms in total. The number of nitrogens with zero attached hydrogens (tertiary/aromatic N) is 2. The van der Waals surface area contributed by atoms with Crippen molar-refractivity contribution in [2.24, 2.45) is 0 Å². The monoisotopic (exact) mass is 491 g/mol. The van der Waals surface area contributed by atoms with Gasteiger partial charge in [0.15, 0.2) is 0 Å². The first-order valence-electron chi connectivity index (χ1n) is 11.8. The Morgan fingerprint density at radius 1 is 1.00 bits per heavy atom. The summed E-state index contributed by atoms with van der Waals surface area (Å²) < 4.78 is 29.4. The molecule has 2 aliphatic heterocycles. The summed E-state index contributed by atoms with van der Waals surface area (Å²) in [6.45, 7) is 2.47. The summed E-state index contributed by atoms with van der Waals surface area (Å²) in [4.78, 5) is 15.6. The summed E-state index contributed by atoms with van der Waals surface area (Å²) >= 11 is 6.26. The number of rotatable bonds is 3. The van der Waals surface area contributed by atoms with Crippen LogP contribution in [0.3, 0.4) is 0 Å². The van der Waals surface area contributed by atoms with E-state index in [-0.39, 0.29) is 17.9 Å². The quantitative estimate of drug-likeness (QED) is 0.369. The van der Waals surface area contributed by atoms with Crippen molar-refractivity contribution in [1.29, 1.82) is 0 Å². The smallest absolute Gasteiger partial charge is 0.256 e. The predicted octanol–water partition coefficient (Wildman–Crippen LogP) is 6.22. The molecule has 1 amide bonds. The number of hydrogen-bond acceptors (Lipinski definition) is 2. The second-order valence-corrected chi connectivity index (χ2v) is 10.0. The lowest BCUT2D eigenvalue weighted by Gasteiger charge is -2.39. The van der Waals surface area contributed by atoms with Crippen LogP contribution in [0.15, 0.2) is 66.9 Å². The molecule has 0 atom stereocenters. The van der Waals surface area contributed by atoms with Gasteiger partial charge in [-0.25, -0.2) is 8.78 Å². The van der Waals surface area contributed by atoms with Gasteiger partial charge in [-0.05, 0) is 54.3 Å². The molecule has 1 saturated heterocycles. The van der Waals surface area contributed by atoms with Crippen LogP contribution < -0.4 is 5.32 Å². The van der Waals surface area contributed by atoms with Crippen LogP contribution in [0.4, 0.5) is 14.5 Å². The number of carbonyl (C=O) groups is 1. The fraction of sp³-hybridized carbons (Fsp3) is 0.250. The van der Waals surface area contributed by atoms with Crippen molar-refractivity contribution in [1.82, 2.24) is 9.47 Å². The number of anilines is 1. The lowest BCUT2D eigenvalue weighted by atomic mass is 9.74. The number of aromatic nitrogens is 1. The molecule has 35 heavy (non-hydrogen) atoms. The van der Waals surface area contributed by atoms with Crippen LogP contribution in [0, 0.1) is 11.6 Å². The van der Waals surface area contributed by atoms with Crippen LogP contribution in [0.2, 0.25) is 5.02 Å². The molecule has 0 aliphatic carbocycles. The minimum atomic E-state index is -0.629. The van der Waals surface area contributed by atoms with Crippen LogP contribution in [0.5, 0.6) is 0 Å². The Hall–Kier alpha value is -3.38. The minimum Gasteiger partial charge on any atom is -0.384 e. The van der Waals surface area contributed by atoms with Gasteiger partial charge in [-0.3, -0.25) is 4.79 Å². The van der Waals surface area contributed by atoms with Crippen molar-refractivity contribution in [2.75, 3.05) is 25.0 Å². The van der Waals surface area contributed by atoms with Gasteiger partial charge in [0.2, 0.25) is 0 Å². The molecule has 1 aromatic heterocycles. The van der Waals surface area contributed by atoms with Crippen molar-refractivity contribution in [2.45, 2.75) is 24.8 Å². The fourth-order valence-corrected chi connectivity index (χ4v) is 5.85. The predicted molar refractivity (Wildman–Crippen MR) is 134 cm³/mol. The van der Waals surface area contributed by atoms with Gasteiger partial charge in [0.25, 0.3) is 5.91 Å². The normalized spacial score (nSPS) is 16.5. The molecule has 1 N–H and O–H groups in total. The van der Waals surface area contributed by atoms with Gasteiger partial charge in [0.05, 0.1) is 11.1 Å². The van der Waals surface area contributed by atoms with Crippen molar-refractivity contribution in [3.8, 4) is 0 Å². The lowest BCUT2D eigenvalue weighted by molar-refractivity contribution is 0.0678. The van der Waals surface area contributed by atoms with Gasteiger partial charge in [0, 0.05) is 60.0 Å². The highest BCUT2D eigenvalue weighted by molar-refractivity contribution is 6.31. The fourth-order valence-electron chi connectivity index (χ4n) is 5.68. The number of halogens is 3. The number of amides is 1. The van der Waals surface area contributed by atoms with Gasteiger partial charge in [-0.15, -0.1) is 0 Å². The van der Waals surface area contributed by atoms with Crippen molar-refractivity contribution < 1.29 is 13.6 Å². The topological polar surface area (TPSA) is 37.3 Å². The number of carbonyl (C=O) groups excluding carboxylic acids is 1. The maximum Gasteiger partial charge on any atom is 0.256 e. The average Bonchev–Trinajstić information content (AvgIpc) is 3.37. The summed E-state index contributed by atoms with van der Waals surface area (Å²) in [5, 5.41) is 4.85. The zero-order valence-corrected chi connectivity index (χ0v) is 19.8. The van der Waals surface area contributed by atoms with E-state index in [0.29, 0.717) is 29.2 Å². The molecule has 0 saturated carbocycles. The SMILES string of the molecule is O=C(c1cn(Cc2cc(F)cc(F)c2)c2cc(Cl)ccc12)N1CCC2(CC1)CNc1ccccc12. The van der Waals surface area contributed by atoms with E-state index in [9.17, 15) is 13.6 Å². The summed E-state index contributed by atoms with van der Waals surface area (Å²) in [5.74, 6) is -1.29. The first-order chi connectivity index (χ1) is 16.9. The van der Waals surface area contributed by atoms with Gasteiger partial charge in [-0.2, -0.15) is 0 Å². The molecular weight excluding hydrogens is 468 g/mol. The maximum atomic E-state index is 13.8. The van der Waals surface area contributed by atoms with E-state index in [1.54, 1.807) is 18.3 Å². The van der Waals surface area contributed by atoms with E-state index in [1.165, 1.54) is 23.4 Å². The number of piperidine rings is 1. The van der Waals surface area contributed by atoms with E-state index in [0.717, 1.165) is 36.4 Å². The summed E-state index contributed by atoms with van der Waals surface area (Å²) in [5.41, 5.74) is 4.42. The molecule has 178 valence electrons. The molecule has 0 radical (unpaired) electrons. The Morgan fingerprint density at radius 2 is 1.74 bits per heavy atom. The molecule has 0 unspecified atom stereocenters. The molecule has 3 heterocycles. The first-order valence-corrected chi connectivity index (χ1v) is 12.2. The number of hydrogen-bond donors (Lipinski definition) is 1. The molecule has 1 fully saturated rings. The van der Waals surface area contributed by atoms with Crippen molar-refractivity contribution in [3.05, 3.63) is 100 Å². The number of nitrogens with one attached hydrogen (secondary N) is 1. The zero-order chi connectivity index (χ0) is 24.2. The second kappa shape index (κ2) is 8.38. The van der Waals surface area contributed by atoms with Crippen molar-refractivity contribution >= 4 is 34.1 Å². The molecule has 7 heteroatoms. The highest BCUT2D eigenvalue weighted by atomic mass is 35.5. The van der Waals surface area contributed by atoms with Crippen LogP contribution >= 0.6 is 11.6 Å². The van der Waals surface area contributed by atoms with Gasteiger partial charge in [0.1, 0.15) is 11.6 Å². The first kappa shape index (κ1) is 22.1. The summed E-state index contributed by atoms with van der Waals surface area (Å²) in [6.07, 6.45) is 3.58. The van der Waals surface area contributed by atoms with Crippen molar-refractivity contribution in [3.63, 3.8) is 0 Å². The highest BCUT2D eigenvalue weighted by Gasteiger charge is 2.42. The van der Waals surface area contributed by atoms with Crippen LogP contribution in [-0.2, 0) is 12.0 Å². The molecule has 3 aromatic carbocycles. The Balaban J connectivity index is 1.29. The third kappa shape index (κ3) is 3.86. The Morgan fingerprint density at radius 3 is 2.51 bits per heavy atom. The largest absolute Gasteiger partial charge is 0.384 e. The van der Waals surface area contributed by atoms with Crippen LogP contribution in [0.1, 0.15) is 34.3 Å². The van der Waals surface area contributed by atoms with Gasteiger partial charge in [-0.1, -0.05) is 35.9 Å². The summed E-state index contributed by atoms with van der Waals surface area (Å²) in [6, 6.07) is 17.3. The number of benzene rings is 3. The Bertz CT molecular complexity index is 1440. The second-order valence-electron chi connectivity index (χ2n) is 9.58. The molecule has 1 spiro atoms. The lowest BCUT2D eigenvalue weighted by Crippen LogP contribution is -2.46. The molecule has 4 aromatic rings. The molecular formula is C28H24ClF2N3O. The average molecular weight is 492 g/mol. The van der Waals surface area contributed by atoms with E-state index in [4.69, 9.17) is 11.6 Å². The highest BCUT2D eigenvalue weighted by Crippen LogP contribution is 2.44. The number of fused-ring (bicyclic) bond motifs is 3. The maximum absolute atomic E-state index is 13.8. The van der Waals surface area contributed by atoms with E-state index < -0.39 is 11.6 Å². The molecule has 0 bridgehead atoms. The zero-order valence-electron chi connectivity index (χ0n) is 19.0. The van der Waals surface area contributed by atoms with E-state index >= 15 is 0 Å². The van der Waals surface area contributed by atoms with Crippen LogP contribution in [-0.4, -0.2) is 35.0 Å². The number of likely N-dealkylation sites (tertiary alicyclic amines) is 1. The molecule has 2 aliphatic rings. The third-order valence-corrected chi connectivity index (χ3v) is 7.71. The van der Waals surface area contributed by atoms with E-state index in [2.05, 4.69) is 23.5 Å². The number of para-hydroxylation sites is 1. The minimum absolute atomic E-state index is 0.0319. The standard InChI is InChI=1S/C28H24ClF2N3O/c29-19-5-6-22-23(16-34(26(22)13-19)15-18-11-20(30)14-21(31)12-18)27(35)33-9-7-28(8-10-33)17-32-25-4-2-1-3-24(25)28/h1-6,11-14,16,32H,7-10,15,17H2. The van der Waals surface area contributed by atoms with Gasteiger partial charge >= 0.3 is 0 Å².